The molecule has 228 valence electrons. The van der Waals surface area contributed by atoms with Gasteiger partial charge in [0.2, 0.25) is 5.95 Å². The second kappa shape index (κ2) is 16.1. The van der Waals surface area contributed by atoms with Crippen LogP contribution in [0, 0.1) is 0 Å². The van der Waals surface area contributed by atoms with Gasteiger partial charge in [0.15, 0.2) is 0 Å². The van der Waals surface area contributed by atoms with Gasteiger partial charge in [0.1, 0.15) is 11.5 Å². The third kappa shape index (κ3) is 8.81. The molecule has 42 heavy (non-hydrogen) atoms. The Labute approximate surface area is 256 Å². The highest BCUT2D eigenvalue weighted by atomic mass is 32.1. The van der Waals surface area contributed by atoms with Crippen LogP contribution < -0.4 is 20.9 Å². The number of nitrogens with one attached hydrogen (secondary N) is 3. The lowest BCUT2D eigenvalue weighted by atomic mass is 9.95. The Hall–Kier alpha value is -2.89. The fourth-order valence-corrected chi connectivity index (χ4v) is 6.32. The van der Waals surface area contributed by atoms with E-state index in [2.05, 4.69) is 61.2 Å². The number of thiocarbonyl (C=S) groups is 1. The molecular formula is C31H48N10S. The zero-order valence-corrected chi connectivity index (χ0v) is 26.0. The summed E-state index contributed by atoms with van der Waals surface area (Å²) < 4.78 is 1.93. The molecule has 2 aliphatic rings. The Bertz CT molecular complexity index is 1250. The van der Waals surface area contributed by atoms with Crippen molar-refractivity contribution in [2.75, 3.05) is 56.0 Å². The maximum Gasteiger partial charge on any atom is 0.225 e. The summed E-state index contributed by atoms with van der Waals surface area (Å²) in [7, 11) is 0. The van der Waals surface area contributed by atoms with E-state index in [0.717, 1.165) is 105 Å². The van der Waals surface area contributed by atoms with Crippen molar-refractivity contribution in [3.05, 3.63) is 36.2 Å². The Morgan fingerprint density at radius 1 is 0.976 bits per heavy atom. The number of fused-ring (bicyclic) bond motifs is 1. The van der Waals surface area contributed by atoms with Gasteiger partial charge in [-0.25, -0.2) is 4.98 Å². The third-order valence-corrected chi connectivity index (χ3v) is 8.76. The lowest BCUT2D eigenvalue weighted by Crippen LogP contribution is -2.48. The lowest BCUT2D eigenvalue weighted by Gasteiger charge is -2.37. The van der Waals surface area contributed by atoms with Crippen LogP contribution in [0.25, 0.3) is 10.9 Å². The average molecular weight is 593 g/mol. The molecular weight excluding hydrogens is 544 g/mol. The van der Waals surface area contributed by atoms with Crippen LogP contribution in [0.5, 0.6) is 0 Å². The molecule has 1 saturated carbocycles. The molecule has 1 saturated heterocycles. The largest absolute Gasteiger partial charge is 0.363 e. The van der Waals surface area contributed by atoms with Crippen molar-refractivity contribution in [2.24, 2.45) is 0 Å². The normalized spacial score (nSPS) is 16.3. The summed E-state index contributed by atoms with van der Waals surface area (Å²) >= 11 is 5.63. The molecule has 0 radical (unpaired) electrons. The Morgan fingerprint density at radius 2 is 1.79 bits per heavy atom. The molecule has 11 heteroatoms. The number of benzene rings is 1. The molecule has 5 rings (SSSR count). The molecule has 0 spiro atoms. The fourth-order valence-electron chi connectivity index (χ4n) is 5.94. The van der Waals surface area contributed by atoms with Crippen molar-refractivity contribution < 1.29 is 0 Å². The predicted molar refractivity (Wildman–Crippen MR) is 175 cm³/mol. The van der Waals surface area contributed by atoms with Crippen molar-refractivity contribution >= 4 is 39.9 Å². The number of piperazine rings is 1. The first-order valence-electron chi connectivity index (χ1n) is 16.1. The van der Waals surface area contributed by atoms with Gasteiger partial charge < -0.3 is 25.8 Å². The summed E-state index contributed by atoms with van der Waals surface area (Å²) in [5.41, 5.74) is 1.82. The van der Waals surface area contributed by atoms with Gasteiger partial charge >= 0.3 is 0 Å². The van der Waals surface area contributed by atoms with Gasteiger partial charge in [-0.2, -0.15) is 4.98 Å². The molecule has 0 atom stereocenters. The molecule has 10 nitrogen and oxygen atoms in total. The molecule has 0 amide bonds. The number of rotatable bonds is 15. The zero-order chi connectivity index (χ0) is 29.0. The van der Waals surface area contributed by atoms with Crippen molar-refractivity contribution in [2.45, 2.75) is 83.8 Å². The summed E-state index contributed by atoms with van der Waals surface area (Å²) in [6.45, 7) is 10.4. The van der Waals surface area contributed by atoms with Crippen LogP contribution in [0.3, 0.4) is 0 Å². The summed E-state index contributed by atoms with van der Waals surface area (Å²) in [5.74, 6) is 1.59. The van der Waals surface area contributed by atoms with Gasteiger partial charge in [0, 0.05) is 44.2 Å². The lowest BCUT2D eigenvalue weighted by molar-refractivity contribution is 0.371. The maximum atomic E-state index is 5.63. The average Bonchev–Trinajstić information content (AvgIpc) is 3.49. The first-order chi connectivity index (χ1) is 20.7. The number of nitrogens with zero attached hydrogens (tertiary/aromatic N) is 7. The third-order valence-electron chi connectivity index (χ3n) is 8.30. The highest BCUT2D eigenvalue weighted by Gasteiger charge is 2.22. The van der Waals surface area contributed by atoms with Crippen molar-refractivity contribution in [3.63, 3.8) is 0 Å². The van der Waals surface area contributed by atoms with Crippen LogP contribution in [0.4, 0.5) is 11.8 Å². The minimum absolute atomic E-state index is 0.531. The molecule has 1 aliphatic heterocycles. The summed E-state index contributed by atoms with van der Waals surface area (Å²) in [4.78, 5) is 15.5. The number of para-hydroxylation sites is 1. The summed E-state index contributed by atoms with van der Waals surface area (Å²) in [6.07, 6.45) is 13.2. The number of aryl methyl sites for hydroxylation is 1. The molecule has 0 unspecified atom stereocenters. The van der Waals surface area contributed by atoms with Crippen molar-refractivity contribution in [3.8, 4) is 0 Å². The van der Waals surface area contributed by atoms with Gasteiger partial charge in [-0.3, -0.25) is 4.68 Å². The second-order valence-corrected chi connectivity index (χ2v) is 12.0. The standard InChI is InChI=1S/C31H48N10S/c1-2-10-29(42)39-19-21-40(22-20-39)30-27-13-6-7-14-28(27)35-31(36-30)34-23-26-24-41(38-37-26)18-9-16-32-15-8-17-33-25-11-4-3-5-12-25/h6-7,13-14,24-25,32-33H,2-5,8-12,15-23H2,1H3,(H,34,35,36). The van der Waals surface area contributed by atoms with E-state index in [1.807, 2.05) is 16.9 Å². The molecule has 3 N–H and O–H groups in total. The Balaban J connectivity index is 1.06. The van der Waals surface area contributed by atoms with E-state index in [-0.39, 0.29) is 0 Å². The first-order valence-corrected chi connectivity index (χ1v) is 16.5. The number of hydrogen-bond donors (Lipinski definition) is 3. The molecule has 1 aromatic carbocycles. The zero-order valence-electron chi connectivity index (χ0n) is 25.2. The minimum Gasteiger partial charge on any atom is -0.363 e. The van der Waals surface area contributed by atoms with E-state index < -0.39 is 0 Å². The van der Waals surface area contributed by atoms with Crippen LogP contribution >= 0.6 is 12.2 Å². The topological polar surface area (TPSA) is 99.1 Å². The first kappa shape index (κ1) is 30.6. The number of anilines is 2. The molecule has 2 fully saturated rings. The smallest absolute Gasteiger partial charge is 0.225 e. The molecule has 3 aromatic rings. The Morgan fingerprint density at radius 3 is 2.62 bits per heavy atom. The van der Waals surface area contributed by atoms with Gasteiger partial charge in [0.05, 0.1) is 23.2 Å². The van der Waals surface area contributed by atoms with Gasteiger partial charge in [0.25, 0.3) is 0 Å². The SMILES string of the molecule is CCCC(=S)N1CCN(c2nc(NCc3cn(CCCNCCCNC4CCCCC4)nn3)nc3ccccc23)CC1. The van der Waals surface area contributed by atoms with E-state index in [1.165, 1.54) is 38.5 Å². The van der Waals surface area contributed by atoms with Crippen LogP contribution in [0.2, 0.25) is 0 Å². The van der Waals surface area contributed by atoms with Crippen LogP contribution in [0.1, 0.15) is 70.4 Å². The van der Waals surface area contributed by atoms with E-state index in [0.29, 0.717) is 12.5 Å². The van der Waals surface area contributed by atoms with E-state index >= 15 is 0 Å². The van der Waals surface area contributed by atoms with Crippen molar-refractivity contribution in [1.29, 1.82) is 0 Å². The number of aromatic nitrogens is 5. The van der Waals surface area contributed by atoms with E-state index in [4.69, 9.17) is 22.2 Å². The van der Waals surface area contributed by atoms with Gasteiger partial charge in [-0.15, -0.1) is 5.10 Å². The summed E-state index contributed by atoms with van der Waals surface area (Å²) in [5, 5.41) is 20.4. The van der Waals surface area contributed by atoms with E-state index in [9.17, 15) is 0 Å². The maximum absolute atomic E-state index is 5.63. The van der Waals surface area contributed by atoms with Crippen LogP contribution in [0.15, 0.2) is 30.5 Å². The molecule has 0 bridgehead atoms. The minimum atomic E-state index is 0.531. The highest BCUT2D eigenvalue weighted by molar-refractivity contribution is 7.80. The quantitative estimate of drug-likeness (QED) is 0.174. The fraction of sp³-hybridized carbons (Fsp3) is 0.645. The number of hydrogen-bond acceptors (Lipinski definition) is 9. The highest BCUT2D eigenvalue weighted by Crippen LogP contribution is 2.26. The Kier molecular flexibility index (Phi) is 11.7. The van der Waals surface area contributed by atoms with Crippen LogP contribution in [-0.2, 0) is 13.1 Å². The predicted octanol–water partition coefficient (Wildman–Crippen LogP) is 4.38. The molecule has 1 aliphatic carbocycles. The molecule has 2 aromatic heterocycles. The molecule has 3 heterocycles. The second-order valence-electron chi connectivity index (χ2n) is 11.6. The monoisotopic (exact) mass is 592 g/mol. The van der Waals surface area contributed by atoms with Crippen LogP contribution in [-0.4, -0.2) is 86.7 Å². The van der Waals surface area contributed by atoms with Gasteiger partial charge in [-0.05, 0) is 70.3 Å². The van der Waals surface area contributed by atoms with Crippen molar-refractivity contribution in [1.82, 2.24) is 40.5 Å². The van der Waals surface area contributed by atoms with E-state index in [1.54, 1.807) is 0 Å². The van der Waals surface area contributed by atoms with Gasteiger partial charge in [-0.1, -0.05) is 55.8 Å². The summed E-state index contributed by atoms with van der Waals surface area (Å²) in [6, 6.07) is 8.99.